The molecule has 0 unspecified atom stereocenters. The van der Waals surface area contributed by atoms with Gasteiger partial charge in [-0.1, -0.05) is 25.7 Å². The minimum Gasteiger partial charge on any atom is -0.326 e. The molecular formula is C12H24N2. The third-order valence-corrected chi connectivity index (χ3v) is 3.89. The Morgan fingerprint density at radius 1 is 0.786 bits per heavy atom. The molecule has 0 amide bonds. The van der Waals surface area contributed by atoms with Crippen molar-refractivity contribution in [3.8, 4) is 0 Å². The van der Waals surface area contributed by atoms with Crippen molar-refractivity contribution in [2.24, 2.45) is 5.73 Å². The van der Waals surface area contributed by atoms with E-state index in [1.165, 1.54) is 64.5 Å². The van der Waals surface area contributed by atoms with Crippen LogP contribution in [0.3, 0.4) is 0 Å². The van der Waals surface area contributed by atoms with E-state index in [-0.39, 0.29) is 0 Å². The molecule has 2 atom stereocenters. The molecule has 0 radical (unpaired) electrons. The predicted octanol–water partition coefficient (Wildman–Crippen LogP) is 2.13. The van der Waals surface area contributed by atoms with Gasteiger partial charge in [0.25, 0.3) is 0 Å². The molecule has 0 bridgehead atoms. The molecule has 2 nitrogen and oxygen atoms in total. The molecule has 0 aromatic heterocycles. The molecule has 1 saturated heterocycles. The van der Waals surface area contributed by atoms with E-state index in [9.17, 15) is 0 Å². The molecule has 1 heterocycles. The Kier molecular flexibility index (Phi) is 3.82. The van der Waals surface area contributed by atoms with Crippen molar-refractivity contribution in [3.63, 3.8) is 0 Å². The van der Waals surface area contributed by atoms with Crippen LogP contribution >= 0.6 is 0 Å². The highest BCUT2D eigenvalue weighted by molar-refractivity contribution is 4.86. The standard InChI is InChI=1S/C12H24N2/c13-11-7-3-4-8-12(11)14-9-5-1-2-6-10-14/h11-12H,1-10,13H2/t11-,12-/m1/s1. The molecule has 2 rings (SSSR count). The van der Waals surface area contributed by atoms with Crippen LogP contribution < -0.4 is 5.73 Å². The van der Waals surface area contributed by atoms with Crippen LogP contribution in [-0.4, -0.2) is 30.1 Å². The van der Waals surface area contributed by atoms with Gasteiger partial charge in [0.15, 0.2) is 0 Å². The van der Waals surface area contributed by atoms with Crippen molar-refractivity contribution < 1.29 is 0 Å². The van der Waals surface area contributed by atoms with E-state index in [1.807, 2.05) is 0 Å². The predicted molar refractivity (Wildman–Crippen MR) is 60.3 cm³/mol. The molecule has 0 aromatic carbocycles. The lowest BCUT2D eigenvalue weighted by atomic mass is 9.89. The summed E-state index contributed by atoms with van der Waals surface area (Å²) < 4.78 is 0. The van der Waals surface area contributed by atoms with Crippen molar-refractivity contribution in [2.75, 3.05) is 13.1 Å². The third kappa shape index (κ3) is 2.48. The topological polar surface area (TPSA) is 29.3 Å². The maximum absolute atomic E-state index is 6.22. The van der Waals surface area contributed by atoms with Crippen LogP contribution in [0.25, 0.3) is 0 Å². The molecule has 82 valence electrons. The summed E-state index contributed by atoms with van der Waals surface area (Å²) in [5, 5.41) is 0. The molecule has 2 N–H and O–H groups in total. The molecule has 0 spiro atoms. The van der Waals surface area contributed by atoms with E-state index in [0.29, 0.717) is 12.1 Å². The van der Waals surface area contributed by atoms with Gasteiger partial charge in [-0.05, 0) is 38.8 Å². The lowest BCUT2D eigenvalue weighted by Crippen LogP contribution is -2.49. The fourth-order valence-electron chi connectivity index (χ4n) is 3.02. The summed E-state index contributed by atoms with van der Waals surface area (Å²) in [5.41, 5.74) is 6.22. The first kappa shape index (κ1) is 10.4. The fraction of sp³-hybridized carbons (Fsp3) is 1.00. The largest absolute Gasteiger partial charge is 0.326 e. The highest BCUT2D eigenvalue weighted by Gasteiger charge is 2.27. The third-order valence-electron chi connectivity index (χ3n) is 3.89. The molecule has 2 aliphatic rings. The SMILES string of the molecule is N[C@@H]1CCCC[C@H]1N1CCCCCC1. The van der Waals surface area contributed by atoms with Crippen LogP contribution in [0.15, 0.2) is 0 Å². The van der Waals surface area contributed by atoms with Gasteiger partial charge in [0, 0.05) is 12.1 Å². The summed E-state index contributed by atoms with van der Waals surface area (Å²) in [5.74, 6) is 0. The Hall–Kier alpha value is -0.0800. The average Bonchev–Trinajstić information content (AvgIpc) is 2.47. The van der Waals surface area contributed by atoms with Gasteiger partial charge in [-0.15, -0.1) is 0 Å². The highest BCUT2D eigenvalue weighted by atomic mass is 15.2. The van der Waals surface area contributed by atoms with Crippen molar-refractivity contribution in [2.45, 2.75) is 63.5 Å². The van der Waals surface area contributed by atoms with Gasteiger partial charge in [0.2, 0.25) is 0 Å². The van der Waals surface area contributed by atoms with E-state index in [1.54, 1.807) is 0 Å². The zero-order valence-corrected chi connectivity index (χ0v) is 9.25. The Morgan fingerprint density at radius 3 is 2.07 bits per heavy atom. The first-order valence-electron chi connectivity index (χ1n) is 6.37. The smallest absolute Gasteiger partial charge is 0.0247 e. The zero-order chi connectivity index (χ0) is 9.80. The maximum Gasteiger partial charge on any atom is 0.0247 e. The van der Waals surface area contributed by atoms with Crippen LogP contribution in [0.2, 0.25) is 0 Å². The lowest BCUT2D eigenvalue weighted by molar-refractivity contribution is 0.142. The van der Waals surface area contributed by atoms with Gasteiger partial charge < -0.3 is 5.73 Å². The second-order valence-electron chi connectivity index (χ2n) is 4.97. The van der Waals surface area contributed by atoms with Gasteiger partial charge in [-0.3, -0.25) is 4.90 Å². The summed E-state index contributed by atoms with van der Waals surface area (Å²) in [6.45, 7) is 2.61. The molecule has 14 heavy (non-hydrogen) atoms. The van der Waals surface area contributed by atoms with Crippen LogP contribution in [0.5, 0.6) is 0 Å². The molecule has 1 saturated carbocycles. The summed E-state index contributed by atoms with van der Waals surface area (Å²) in [4.78, 5) is 2.68. The first-order valence-corrected chi connectivity index (χ1v) is 6.37. The average molecular weight is 196 g/mol. The van der Waals surface area contributed by atoms with Gasteiger partial charge in [0.1, 0.15) is 0 Å². The minimum absolute atomic E-state index is 0.460. The number of hydrogen-bond donors (Lipinski definition) is 1. The molecule has 2 fully saturated rings. The monoisotopic (exact) mass is 196 g/mol. The van der Waals surface area contributed by atoms with Crippen molar-refractivity contribution in [1.29, 1.82) is 0 Å². The fourth-order valence-corrected chi connectivity index (χ4v) is 3.02. The summed E-state index contributed by atoms with van der Waals surface area (Å²) in [6.07, 6.45) is 11.0. The van der Waals surface area contributed by atoms with Crippen LogP contribution in [0.4, 0.5) is 0 Å². The first-order chi connectivity index (χ1) is 6.88. The number of hydrogen-bond acceptors (Lipinski definition) is 2. The molecule has 0 aromatic rings. The molecular weight excluding hydrogens is 172 g/mol. The van der Waals surface area contributed by atoms with Crippen molar-refractivity contribution in [1.82, 2.24) is 4.90 Å². The van der Waals surface area contributed by atoms with Gasteiger partial charge in [-0.2, -0.15) is 0 Å². The Balaban J connectivity index is 1.90. The zero-order valence-electron chi connectivity index (χ0n) is 9.25. The summed E-state index contributed by atoms with van der Waals surface area (Å²) in [6, 6.07) is 1.17. The van der Waals surface area contributed by atoms with E-state index in [0.717, 1.165) is 0 Å². The molecule has 1 aliphatic carbocycles. The second-order valence-corrected chi connectivity index (χ2v) is 4.97. The summed E-state index contributed by atoms with van der Waals surface area (Å²) >= 11 is 0. The van der Waals surface area contributed by atoms with E-state index in [2.05, 4.69) is 4.90 Å². The number of likely N-dealkylation sites (tertiary alicyclic amines) is 1. The second kappa shape index (κ2) is 5.13. The van der Waals surface area contributed by atoms with E-state index in [4.69, 9.17) is 5.73 Å². The lowest BCUT2D eigenvalue weighted by Gasteiger charge is -2.37. The van der Waals surface area contributed by atoms with E-state index < -0.39 is 0 Å². The van der Waals surface area contributed by atoms with Crippen LogP contribution in [-0.2, 0) is 0 Å². The van der Waals surface area contributed by atoms with Gasteiger partial charge in [0.05, 0.1) is 0 Å². The summed E-state index contributed by atoms with van der Waals surface area (Å²) in [7, 11) is 0. The Morgan fingerprint density at radius 2 is 1.43 bits per heavy atom. The Bertz CT molecular complexity index is 162. The van der Waals surface area contributed by atoms with Crippen molar-refractivity contribution >= 4 is 0 Å². The van der Waals surface area contributed by atoms with Crippen molar-refractivity contribution in [3.05, 3.63) is 0 Å². The normalized spacial score (nSPS) is 36.6. The number of rotatable bonds is 1. The van der Waals surface area contributed by atoms with Crippen LogP contribution in [0, 0.1) is 0 Å². The highest BCUT2D eigenvalue weighted by Crippen LogP contribution is 2.24. The van der Waals surface area contributed by atoms with Crippen LogP contribution in [0.1, 0.15) is 51.4 Å². The van der Waals surface area contributed by atoms with Gasteiger partial charge >= 0.3 is 0 Å². The van der Waals surface area contributed by atoms with E-state index >= 15 is 0 Å². The molecule has 1 aliphatic heterocycles. The Labute approximate surface area is 87.8 Å². The van der Waals surface area contributed by atoms with Gasteiger partial charge in [-0.25, -0.2) is 0 Å². The maximum atomic E-state index is 6.22. The number of nitrogens with zero attached hydrogens (tertiary/aromatic N) is 1. The molecule has 2 heteroatoms. The number of nitrogens with two attached hydrogens (primary N) is 1. The minimum atomic E-state index is 0.460. The quantitative estimate of drug-likeness (QED) is 0.696.